The number of benzene rings is 2. The number of aliphatic hydroxyl groups is 3. The van der Waals surface area contributed by atoms with Crippen LogP contribution in [0.25, 0.3) is 11.1 Å². The number of piperazine rings is 1. The Morgan fingerprint density at radius 3 is 2.36 bits per heavy atom. The Morgan fingerprint density at radius 2 is 1.71 bits per heavy atom. The van der Waals surface area contributed by atoms with Gasteiger partial charge in [-0.2, -0.15) is 0 Å². The fourth-order valence-corrected chi connectivity index (χ4v) is 7.53. The van der Waals surface area contributed by atoms with E-state index in [4.69, 9.17) is 5.73 Å². The van der Waals surface area contributed by atoms with Crippen molar-refractivity contribution < 1.29 is 39.6 Å². The second-order valence-electron chi connectivity index (χ2n) is 12.6. The maximum absolute atomic E-state index is 14.1. The molecule has 6 rings (SSSR count). The summed E-state index contributed by atoms with van der Waals surface area (Å²) in [5.41, 5.74) is 3.82. The highest BCUT2D eigenvalue weighted by Crippen LogP contribution is 2.53. The number of aliphatic hydroxyl groups excluding tert-OH is 2. The number of Topliss-reactive ketones (excluding diaryl/α,β-unsaturated/α-hetero) is 2. The van der Waals surface area contributed by atoms with Gasteiger partial charge in [0, 0.05) is 43.2 Å². The molecule has 1 fully saturated rings. The van der Waals surface area contributed by atoms with Crippen LogP contribution < -0.4 is 5.73 Å². The number of carbonyl (C=O) groups excluding carboxylic acids is 4. The van der Waals surface area contributed by atoms with Crippen molar-refractivity contribution in [3.05, 3.63) is 75.8 Å². The summed E-state index contributed by atoms with van der Waals surface area (Å²) in [5.74, 6) is -7.10. The highest BCUT2D eigenvalue weighted by molar-refractivity contribution is 6.25. The number of hydrogen-bond donors (Lipinski definition) is 5. The van der Waals surface area contributed by atoms with E-state index in [0.29, 0.717) is 35.3 Å². The summed E-state index contributed by atoms with van der Waals surface area (Å²) in [5, 5.41) is 45.2. The number of fused-ring (bicyclic) bond motifs is 3. The molecule has 2 aromatic rings. The second-order valence-corrected chi connectivity index (χ2v) is 12.6. The van der Waals surface area contributed by atoms with Crippen LogP contribution >= 0.6 is 0 Å². The van der Waals surface area contributed by atoms with E-state index in [1.54, 1.807) is 43.3 Å². The number of aromatic hydroxyl groups is 1. The number of nitrogens with zero attached hydrogens (tertiary/aromatic N) is 3. The van der Waals surface area contributed by atoms with Crippen molar-refractivity contribution in [1.29, 1.82) is 0 Å². The minimum Gasteiger partial charge on any atom is -0.510 e. The van der Waals surface area contributed by atoms with E-state index in [-0.39, 0.29) is 35.6 Å². The van der Waals surface area contributed by atoms with E-state index in [1.807, 2.05) is 13.1 Å². The Morgan fingerprint density at radius 1 is 1.02 bits per heavy atom. The normalized spacial score (nSPS) is 27.0. The van der Waals surface area contributed by atoms with Crippen LogP contribution in [-0.2, 0) is 16.0 Å². The molecule has 2 aromatic carbocycles. The number of amides is 2. The second kappa shape index (κ2) is 10.8. The van der Waals surface area contributed by atoms with Crippen molar-refractivity contribution in [3.8, 4) is 16.9 Å². The summed E-state index contributed by atoms with van der Waals surface area (Å²) < 4.78 is 0. The summed E-state index contributed by atoms with van der Waals surface area (Å²) in [4.78, 5) is 58.6. The lowest BCUT2D eigenvalue weighted by atomic mass is 9.58. The summed E-state index contributed by atoms with van der Waals surface area (Å²) in [6.07, 6.45) is 0.137. The predicted octanol–water partition coefficient (Wildman–Crippen LogP) is 1.18. The first-order chi connectivity index (χ1) is 21.3. The third-order valence-electron chi connectivity index (χ3n) is 9.82. The molecule has 3 aliphatic carbocycles. The maximum Gasteiger partial charge on any atom is 0.255 e. The molecule has 1 aliphatic heterocycles. The summed E-state index contributed by atoms with van der Waals surface area (Å²) in [6.45, 7) is 2.77. The molecule has 0 saturated carbocycles. The minimum atomic E-state index is -2.70. The molecule has 2 amide bonds. The number of ketones is 2. The number of phenols is 1. The molecule has 0 unspecified atom stereocenters. The van der Waals surface area contributed by atoms with Crippen LogP contribution in [0.4, 0.5) is 0 Å². The van der Waals surface area contributed by atoms with Gasteiger partial charge in [-0.3, -0.25) is 24.1 Å². The van der Waals surface area contributed by atoms with Crippen LogP contribution in [0.15, 0.2) is 59.1 Å². The van der Waals surface area contributed by atoms with E-state index in [9.17, 15) is 39.6 Å². The third-order valence-corrected chi connectivity index (χ3v) is 9.82. The van der Waals surface area contributed by atoms with Crippen LogP contribution in [0.2, 0.25) is 0 Å². The van der Waals surface area contributed by atoms with Crippen molar-refractivity contribution >= 4 is 23.4 Å². The Balaban J connectivity index is 1.44. The topological polar surface area (TPSA) is 185 Å². The van der Waals surface area contributed by atoms with Gasteiger partial charge in [0.05, 0.1) is 11.6 Å². The van der Waals surface area contributed by atoms with Crippen molar-refractivity contribution in [2.45, 2.75) is 24.5 Å². The third kappa shape index (κ3) is 4.54. The van der Waals surface area contributed by atoms with Crippen molar-refractivity contribution in [2.24, 2.45) is 17.6 Å². The molecule has 4 aliphatic rings. The molecule has 0 bridgehead atoms. The maximum atomic E-state index is 14.1. The molecule has 6 N–H and O–H groups in total. The average Bonchev–Trinajstić information content (AvgIpc) is 2.99. The predicted molar refractivity (Wildman–Crippen MR) is 163 cm³/mol. The van der Waals surface area contributed by atoms with Crippen LogP contribution in [-0.4, -0.2) is 117 Å². The van der Waals surface area contributed by atoms with Gasteiger partial charge < -0.3 is 36.0 Å². The largest absolute Gasteiger partial charge is 0.510 e. The lowest BCUT2D eigenvalue weighted by Crippen LogP contribution is -2.63. The Labute approximate surface area is 259 Å². The van der Waals surface area contributed by atoms with Gasteiger partial charge in [-0.05, 0) is 74.8 Å². The zero-order valence-electron chi connectivity index (χ0n) is 25.3. The van der Waals surface area contributed by atoms with Gasteiger partial charge in [-0.25, -0.2) is 0 Å². The van der Waals surface area contributed by atoms with Crippen LogP contribution in [0.5, 0.6) is 5.75 Å². The molecular formula is C33H36N4O8. The smallest absolute Gasteiger partial charge is 0.255 e. The molecule has 236 valence electrons. The van der Waals surface area contributed by atoms with Gasteiger partial charge in [0.1, 0.15) is 22.8 Å². The van der Waals surface area contributed by atoms with Crippen LogP contribution in [0.3, 0.4) is 0 Å². The van der Waals surface area contributed by atoms with E-state index in [0.717, 1.165) is 13.1 Å². The number of hydrogen-bond acceptors (Lipinski definition) is 10. The highest BCUT2D eigenvalue weighted by Gasteiger charge is 2.63. The molecule has 45 heavy (non-hydrogen) atoms. The highest BCUT2D eigenvalue weighted by atomic mass is 16.3. The van der Waals surface area contributed by atoms with Crippen LogP contribution in [0, 0.1) is 11.8 Å². The van der Waals surface area contributed by atoms with E-state index in [2.05, 4.69) is 4.90 Å². The molecule has 0 aromatic heterocycles. The molecular weight excluding hydrogens is 580 g/mol. The number of likely N-dealkylation sites (N-methyl/N-ethyl adjacent to an activating group) is 2. The fraction of sp³-hybridized carbons (Fsp3) is 0.394. The number of allylic oxidation sites excluding steroid dienone is 1. The zero-order valence-corrected chi connectivity index (χ0v) is 25.3. The van der Waals surface area contributed by atoms with E-state index < -0.39 is 58.0 Å². The number of rotatable bonds is 4. The Bertz CT molecular complexity index is 1720. The van der Waals surface area contributed by atoms with Gasteiger partial charge in [0.2, 0.25) is 5.78 Å². The van der Waals surface area contributed by atoms with Gasteiger partial charge in [-0.15, -0.1) is 0 Å². The Kier molecular flexibility index (Phi) is 7.34. The molecule has 1 heterocycles. The monoisotopic (exact) mass is 616 g/mol. The van der Waals surface area contributed by atoms with Crippen molar-refractivity contribution in [1.82, 2.24) is 14.7 Å². The van der Waals surface area contributed by atoms with Crippen LogP contribution in [0.1, 0.15) is 32.7 Å². The van der Waals surface area contributed by atoms with Gasteiger partial charge in [0.25, 0.3) is 11.8 Å². The van der Waals surface area contributed by atoms with Gasteiger partial charge >= 0.3 is 0 Å². The molecule has 0 radical (unpaired) electrons. The average molecular weight is 617 g/mol. The first-order valence-electron chi connectivity index (χ1n) is 14.8. The molecule has 1 saturated heterocycles. The van der Waals surface area contributed by atoms with Crippen molar-refractivity contribution in [2.75, 3.05) is 47.3 Å². The van der Waals surface area contributed by atoms with E-state index in [1.165, 1.54) is 11.0 Å². The zero-order chi connectivity index (χ0) is 32.5. The summed E-state index contributed by atoms with van der Waals surface area (Å²) in [6, 6.07) is 9.05. The molecule has 4 atom stereocenters. The Hall–Kier alpha value is -4.52. The summed E-state index contributed by atoms with van der Waals surface area (Å²) in [7, 11) is 5.18. The van der Waals surface area contributed by atoms with E-state index >= 15 is 0 Å². The lowest BCUT2D eigenvalue weighted by Gasteiger charge is -2.50. The van der Waals surface area contributed by atoms with Gasteiger partial charge in [-0.1, -0.05) is 18.2 Å². The number of primary amides is 1. The lowest BCUT2D eigenvalue weighted by molar-refractivity contribution is -0.148. The number of carbonyl (C=O) groups is 4. The number of nitrogens with two attached hydrogens (primary N) is 1. The molecule has 0 spiro atoms. The molecule has 12 heteroatoms. The molecule has 12 nitrogen and oxygen atoms in total. The van der Waals surface area contributed by atoms with Gasteiger partial charge in [0.15, 0.2) is 11.4 Å². The first kappa shape index (κ1) is 30.5. The quantitative estimate of drug-likeness (QED) is 0.313. The standard InChI is InChI=1S/C33H36N4O8/c1-35(2)26-21-15-18-14-20-19(16-5-4-6-17(13-16)32(44)37-11-9-36(3)10-12-37)7-8-22(38)24(20)27(39)23(18)29(41)33(21,45)30(42)25(28(26)40)31(34)43/h4-8,13,18,21,26,38,40-41,45H,9-12,14-15H2,1-3H3,(H2,34,43)/t18-,21-,26+,33-/m0/s1. The number of phenolic OH excluding ortho intramolecular Hbond substituents is 1. The summed E-state index contributed by atoms with van der Waals surface area (Å²) >= 11 is 0. The first-order valence-corrected chi connectivity index (χ1v) is 14.8. The van der Waals surface area contributed by atoms with Crippen molar-refractivity contribution in [3.63, 3.8) is 0 Å². The minimum absolute atomic E-state index is 0.0111. The fourth-order valence-electron chi connectivity index (χ4n) is 7.53. The SMILES string of the molecule is CN1CCN(C(=O)c2cccc(-c3ccc(O)c4c3C[C@H]3C[C@H]5[C@@H](N(C)C)C(O)=C(C(N)=O)C(=O)[C@@]5(O)C(O)=C3C4=O)c2)CC1.